The van der Waals surface area contributed by atoms with Crippen LogP contribution in [0.15, 0.2) is 5.38 Å². The van der Waals surface area contributed by atoms with Gasteiger partial charge in [-0.2, -0.15) is 0 Å². The number of aliphatic hydroxyl groups is 1. The molecule has 1 N–H and O–H groups in total. The number of nitrogens with zero attached hydrogens (tertiary/aromatic N) is 1. The van der Waals surface area contributed by atoms with Gasteiger partial charge in [0.05, 0.1) is 13.7 Å². The summed E-state index contributed by atoms with van der Waals surface area (Å²) < 4.78 is 9.55. The summed E-state index contributed by atoms with van der Waals surface area (Å²) in [7, 11) is 1.29. The van der Waals surface area contributed by atoms with Gasteiger partial charge in [-0.15, -0.1) is 11.3 Å². The van der Waals surface area contributed by atoms with Crippen LogP contribution in [0.5, 0.6) is 0 Å². The SMILES string of the molecule is CCOCC(O)c1nc(C(=O)OC)cs1. The Morgan fingerprint density at radius 2 is 2.47 bits per heavy atom. The molecule has 6 heteroatoms. The lowest BCUT2D eigenvalue weighted by Crippen LogP contribution is -2.08. The first-order valence-corrected chi connectivity index (χ1v) is 5.36. The average molecular weight is 231 g/mol. The van der Waals surface area contributed by atoms with Crippen molar-refractivity contribution in [2.45, 2.75) is 13.0 Å². The molecule has 0 aromatic carbocycles. The maximum atomic E-state index is 11.1. The molecule has 15 heavy (non-hydrogen) atoms. The molecule has 1 atom stereocenters. The summed E-state index contributed by atoms with van der Waals surface area (Å²) in [4.78, 5) is 15.0. The quantitative estimate of drug-likeness (QED) is 0.766. The second-order valence-electron chi connectivity index (χ2n) is 2.74. The fourth-order valence-electron chi connectivity index (χ4n) is 0.940. The number of hydrogen-bond acceptors (Lipinski definition) is 6. The molecule has 0 radical (unpaired) electrons. The molecule has 5 nitrogen and oxygen atoms in total. The maximum absolute atomic E-state index is 11.1. The number of aliphatic hydroxyl groups excluding tert-OH is 1. The van der Waals surface area contributed by atoms with Crippen molar-refractivity contribution < 1.29 is 19.4 Å². The zero-order valence-corrected chi connectivity index (χ0v) is 9.41. The van der Waals surface area contributed by atoms with Crippen LogP contribution in [0.25, 0.3) is 0 Å². The number of carbonyl (C=O) groups is 1. The molecular weight excluding hydrogens is 218 g/mol. The molecule has 1 aromatic heterocycles. The summed E-state index contributed by atoms with van der Waals surface area (Å²) in [6.07, 6.45) is -0.784. The van der Waals surface area contributed by atoms with Gasteiger partial charge in [0.15, 0.2) is 5.69 Å². The third-order valence-electron chi connectivity index (χ3n) is 1.68. The summed E-state index contributed by atoms with van der Waals surface area (Å²) in [6.45, 7) is 2.56. The highest BCUT2D eigenvalue weighted by Gasteiger charge is 2.16. The second kappa shape index (κ2) is 5.79. The molecular formula is C9H13NO4S. The normalized spacial score (nSPS) is 12.5. The molecule has 0 aliphatic heterocycles. The molecule has 0 saturated carbocycles. The minimum absolute atomic E-state index is 0.185. The van der Waals surface area contributed by atoms with Gasteiger partial charge in [-0.1, -0.05) is 0 Å². The third-order valence-corrected chi connectivity index (χ3v) is 2.63. The Morgan fingerprint density at radius 1 is 1.73 bits per heavy atom. The molecule has 1 unspecified atom stereocenters. The van der Waals surface area contributed by atoms with Crippen molar-refractivity contribution in [2.24, 2.45) is 0 Å². The smallest absolute Gasteiger partial charge is 0.357 e. The highest BCUT2D eigenvalue weighted by molar-refractivity contribution is 7.09. The van der Waals surface area contributed by atoms with Gasteiger partial charge in [-0.3, -0.25) is 0 Å². The van der Waals surface area contributed by atoms with Crippen molar-refractivity contribution in [3.63, 3.8) is 0 Å². The lowest BCUT2D eigenvalue weighted by atomic mass is 10.4. The van der Waals surface area contributed by atoms with E-state index in [-0.39, 0.29) is 12.3 Å². The highest BCUT2D eigenvalue weighted by atomic mass is 32.1. The van der Waals surface area contributed by atoms with Crippen molar-refractivity contribution in [1.29, 1.82) is 0 Å². The fourth-order valence-corrected chi connectivity index (χ4v) is 1.70. The van der Waals surface area contributed by atoms with Crippen LogP contribution < -0.4 is 0 Å². The number of esters is 1. The number of methoxy groups -OCH3 is 1. The van der Waals surface area contributed by atoms with Crippen LogP contribution in [0.3, 0.4) is 0 Å². The molecule has 0 aliphatic carbocycles. The number of thiazole rings is 1. The number of hydrogen-bond donors (Lipinski definition) is 1. The highest BCUT2D eigenvalue weighted by Crippen LogP contribution is 2.18. The van der Waals surface area contributed by atoms with Gasteiger partial charge in [-0.25, -0.2) is 9.78 Å². The van der Waals surface area contributed by atoms with Gasteiger partial charge in [0.1, 0.15) is 11.1 Å². The number of aromatic nitrogens is 1. The van der Waals surface area contributed by atoms with Crippen molar-refractivity contribution in [3.8, 4) is 0 Å². The Hall–Kier alpha value is -0.980. The molecule has 0 saturated heterocycles. The van der Waals surface area contributed by atoms with E-state index in [0.717, 1.165) is 0 Å². The minimum Gasteiger partial charge on any atom is -0.464 e. The summed E-state index contributed by atoms with van der Waals surface area (Å²) in [5.41, 5.74) is 0.216. The van der Waals surface area contributed by atoms with E-state index >= 15 is 0 Å². The number of ether oxygens (including phenoxy) is 2. The molecule has 0 aliphatic rings. The first kappa shape index (κ1) is 12.1. The first-order valence-electron chi connectivity index (χ1n) is 4.48. The van der Waals surface area contributed by atoms with Gasteiger partial charge < -0.3 is 14.6 Å². The molecule has 0 bridgehead atoms. The summed E-state index contributed by atoms with van der Waals surface area (Å²) >= 11 is 1.21. The van der Waals surface area contributed by atoms with Gasteiger partial charge in [-0.05, 0) is 6.92 Å². The molecule has 1 heterocycles. The largest absolute Gasteiger partial charge is 0.464 e. The number of rotatable bonds is 5. The van der Waals surface area contributed by atoms with Gasteiger partial charge in [0.2, 0.25) is 0 Å². The van der Waals surface area contributed by atoms with Crippen LogP contribution in [-0.4, -0.2) is 36.4 Å². The zero-order chi connectivity index (χ0) is 11.3. The Morgan fingerprint density at radius 3 is 3.07 bits per heavy atom. The maximum Gasteiger partial charge on any atom is 0.357 e. The predicted octanol–water partition coefficient (Wildman–Crippen LogP) is 1.000. The molecule has 0 fully saturated rings. The average Bonchev–Trinajstić information content (AvgIpc) is 2.74. The van der Waals surface area contributed by atoms with E-state index in [1.165, 1.54) is 18.4 Å². The van der Waals surface area contributed by atoms with Crippen LogP contribution in [0.1, 0.15) is 28.5 Å². The Kier molecular flexibility index (Phi) is 4.67. The topological polar surface area (TPSA) is 68.7 Å². The second-order valence-corrected chi connectivity index (χ2v) is 3.63. The summed E-state index contributed by atoms with van der Waals surface area (Å²) in [5.74, 6) is -0.499. The lowest BCUT2D eigenvalue weighted by Gasteiger charge is -2.06. The van der Waals surface area contributed by atoms with Crippen LogP contribution in [0, 0.1) is 0 Å². The molecule has 0 amide bonds. The number of carbonyl (C=O) groups excluding carboxylic acids is 1. The Bertz CT molecular complexity index is 326. The Labute approximate surface area is 91.7 Å². The van der Waals surface area contributed by atoms with Crippen LogP contribution >= 0.6 is 11.3 Å². The van der Waals surface area contributed by atoms with E-state index < -0.39 is 12.1 Å². The molecule has 1 aromatic rings. The van der Waals surface area contributed by atoms with Gasteiger partial charge >= 0.3 is 5.97 Å². The van der Waals surface area contributed by atoms with E-state index in [2.05, 4.69) is 9.72 Å². The monoisotopic (exact) mass is 231 g/mol. The van der Waals surface area contributed by atoms with Gasteiger partial charge in [0.25, 0.3) is 0 Å². The van der Waals surface area contributed by atoms with E-state index in [1.807, 2.05) is 6.92 Å². The van der Waals surface area contributed by atoms with Crippen LogP contribution in [0.4, 0.5) is 0 Å². The van der Waals surface area contributed by atoms with Gasteiger partial charge in [0, 0.05) is 12.0 Å². The molecule has 84 valence electrons. The van der Waals surface area contributed by atoms with Crippen molar-refractivity contribution in [2.75, 3.05) is 20.3 Å². The van der Waals surface area contributed by atoms with Crippen molar-refractivity contribution in [1.82, 2.24) is 4.98 Å². The minimum atomic E-state index is -0.784. The molecule has 0 spiro atoms. The fraction of sp³-hybridized carbons (Fsp3) is 0.556. The van der Waals surface area contributed by atoms with E-state index in [4.69, 9.17) is 4.74 Å². The Balaban J connectivity index is 2.62. The van der Waals surface area contributed by atoms with E-state index in [9.17, 15) is 9.90 Å². The summed E-state index contributed by atoms with van der Waals surface area (Å²) in [6, 6.07) is 0. The summed E-state index contributed by atoms with van der Waals surface area (Å²) in [5, 5.41) is 11.6. The van der Waals surface area contributed by atoms with Crippen LogP contribution in [0.2, 0.25) is 0 Å². The standard InChI is InChI=1S/C9H13NO4S/c1-3-14-4-7(11)8-10-6(5-15-8)9(12)13-2/h5,7,11H,3-4H2,1-2H3. The first-order chi connectivity index (χ1) is 7.19. The predicted molar refractivity (Wildman–Crippen MR) is 54.9 cm³/mol. The third kappa shape index (κ3) is 3.26. The van der Waals surface area contributed by atoms with E-state index in [1.54, 1.807) is 5.38 Å². The molecule has 1 rings (SSSR count). The van der Waals surface area contributed by atoms with Crippen LogP contribution in [-0.2, 0) is 9.47 Å². The lowest BCUT2D eigenvalue weighted by molar-refractivity contribution is 0.0415. The van der Waals surface area contributed by atoms with Crippen molar-refractivity contribution in [3.05, 3.63) is 16.1 Å². The zero-order valence-electron chi connectivity index (χ0n) is 8.60. The van der Waals surface area contributed by atoms with E-state index in [0.29, 0.717) is 11.6 Å². The van der Waals surface area contributed by atoms with Crippen molar-refractivity contribution >= 4 is 17.3 Å².